The van der Waals surface area contributed by atoms with Gasteiger partial charge in [-0.15, -0.1) is 0 Å². The lowest BCUT2D eigenvalue weighted by Gasteiger charge is -2.41. The molecule has 0 aliphatic carbocycles. The minimum Gasteiger partial charge on any atom is -0.454 e. The molecule has 3 aliphatic heterocycles. The summed E-state index contributed by atoms with van der Waals surface area (Å²) in [6.45, 7) is 9.52. The number of piperazine rings is 1. The van der Waals surface area contributed by atoms with Gasteiger partial charge in [0.2, 0.25) is 6.79 Å². The van der Waals surface area contributed by atoms with Crippen molar-refractivity contribution in [2.45, 2.75) is 32.7 Å². The molecule has 9 heteroatoms. The van der Waals surface area contributed by atoms with Gasteiger partial charge in [0, 0.05) is 74.3 Å². The smallest absolute Gasteiger partial charge is 0.257 e. The lowest BCUT2D eigenvalue weighted by molar-refractivity contribution is 0.0321. The molecule has 3 aliphatic rings. The van der Waals surface area contributed by atoms with Crippen molar-refractivity contribution >= 4 is 17.3 Å². The predicted molar refractivity (Wildman–Crippen MR) is 148 cm³/mol. The number of nitrogens with zero attached hydrogens (tertiary/aromatic N) is 4. The molecule has 6 rings (SSSR count). The number of fused-ring (bicyclic) bond motifs is 1. The molecule has 2 saturated heterocycles. The lowest BCUT2D eigenvalue weighted by Crippen LogP contribution is -2.51. The van der Waals surface area contributed by atoms with E-state index in [4.69, 9.17) is 14.2 Å². The van der Waals surface area contributed by atoms with Crippen LogP contribution in [-0.4, -0.2) is 67.6 Å². The van der Waals surface area contributed by atoms with Crippen LogP contribution in [0.1, 0.15) is 40.2 Å². The molecule has 0 unspecified atom stereocenters. The summed E-state index contributed by atoms with van der Waals surface area (Å²) in [4.78, 5) is 18.1. The van der Waals surface area contributed by atoms with Gasteiger partial charge in [-0.05, 0) is 63.1 Å². The minimum atomic E-state index is -0.211. The van der Waals surface area contributed by atoms with Gasteiger partial charge in [-0.25, -0.2) is 0 Å². The van der Waals surface area contributed by atoms with E-state index in [1.165, 1.54) is 0 Å². The third-order valence-electron chi connectivity index (χ3n) is 8.03. The van der Waals surface area contributed by atoms with Crippen molar-refractivity contribution in [3.8, 4) is 23.3 Å². The third-order valence-corrected chi connectivity index (χ3v) is 8.03. The summed E-state index contributed by atoms with van der Waals surface area (Å²) in [7, 11) is 0. The first-order valence-corrected chi connectivity index (χ1v) is 13.5. The van der Waals surface area contributed by atoms with Crippen molar-refractivity contribution in [3.63, 3.8) is 0 Å². The average Bonchev–Trinajstić information content (AvgIpc) is 3.56. The Bertz CT molecular complexity index is 1430. The lowest BCUT2D eigenvalue weighted by atomic mass is 10.1. The van der Waals surface area contributed by atoms with E-state index in [-0.39, 0.29) is 12.7 Å². The molecule has 3 aromatic rings. The highest BCUT2D eigenvalue weighted by molar-refractivity contribution is 6.05. The Balaban J connectivity index is 1.15. The molecule has 202 valence electrons. The van der Waals surface area contributed by atoms with Gasteiger partial charge in [-0.1, -0.05) is 0 Å². The molecule has 0 atom stereocenters. The van der Waals surface area contributed by atoms with Crippen molar-refractivity contribution in [2.75, 3.05) is 56.4 Å². The molecule has 1 amide bonds. The van der Waals surface area contributed by atoms with Crippen LogP contribution in [0.2, 0.25) is 0 Å². The zero-order valence-corrected chi connectivity index (χ0v) is 22.4. The van der Waals surface area contributed by atoms with Gasteiger partial charge >= 0.3 is 0 Å². The monoisotopic (exact) mass is 527 g/mol. The number of amides is 1. The number of hydrogen-bond acceptors (Lipinski definition) is 7. The Hall–Kier alpha value is -4.00. The van der Waals surface area contributed by atoms with Crippen LogP contribution in [-0.2, 0) is 4.74 Å². The first-order chi connectivity index (χ1) is 19.0. The van der Waals surface area contributed by atoms with Crippen LogP contribution < -0.4 is 19.7 Å². The summed E-state index contributed by atoms with van der Waals surface area (Å²) in [5.41, 5.74) is 5.33. The van der Waals surface area contributed by atoms with Crippen LogP contribution in [0.4, 0.5) is 11.4 Å². The minimum absolute atomic E-state index is 0.211. The number of aryl methyl sites for hydroxylation is 1. The SMILES string of the molecule is Cc1cc(C(=O)Nc2ccc(N3CCN(C4CCOCC4)CC3)c(C#N)c2)c(C)n1-c1ccc2c(c1)OCO2. The molecule has 4 heterocycles. The number of anilines is 2. The molecular weight excluding hydrogens is 494 g/mol. The molecule has 2 aromatic carbocycles. The standard InChI is InChI=1S/C30H33N5O4/c1-20-15-26(21(2)35(20)25-4-6-28-29(17-25)39-19-38-28)30(36)32-23-3-5-27(22(16-23)18-31)34-11-9-33(10-12-34)24-7-13-37-14-8-24/h3-6,15-17,24H,7-14,19H2,1-2H3,(H,32,36). The van der Waals surface area contributed by atoms with Gasteiger partial charge < -0.3 is 29.0 Å². The van der Waals surface area contributed by atoms with Crippen LogP contribution in [0.3, 0.4) is 0 Å². The van der Waals surface area contributed by atoms with Crippen molar-refractivity contribution in [1.29, 1.82) is 5.26 Å². The largest absolute Gasteiger partial charge is 0.454 e. The number of nitriles is 1. The van der Waals surface area contributed by atoms with Crippen LogP contribution in [0.25, 0.3) is 5.69 Å². The van der Waals surface area contributed by atoms with Gasteiger partial charge in [0.25, 0.3) is 5.91 Å². The Kier molecular flexibility index (Phi) is 6.90. The molecule has 2 fully saturated rings. The second-order valence-electron chi connectivity index (χ2n) is 10.3. The first kappa shape index (κ1) is 25.3. The molecule has 0 spiro atoms. The van der Waals surface area contributed by atoms with Crippen LogP contribution in [0.15, 0.2) is 42.5 Å². The molecular formula is C30H33N5O4. The van der Waals surface area contributed by atoms with Crippen LogP contribution in [0.5, 0.6) is 11.5 Å². The second kappa shape index (κ2) is 10.6. The maximum absolute atomic E-state index is 13.3. The van der Waals surface area contributed by atoms with E-state index in [1.807, 2.05) is 54.8 Å². The Morgan fingerprint density at radius 2 is 1.74 bits per heavy atom. The number of nitrogens with one attached hydrogen (secondary N) is 1. The number of ether oxygens (including phenoxy) is 3. The van der Waals surface area contributed by atoms with Gasteiger partial charge in [-0.2, -0.15) is 5.26 Å². The number of carbonyl (C=O) groups excluding carboxylic acids is 1. The normalized spacial score (nSPS) is 17.7. The van der Waals surface area contributed by atoms with E-state index in [0.29, 0.717) is 28.6 Å². The number of rotatable bonds is 5. The number of benzene rings is 2. The predicted octanol–water partition coefficient (Wildman–Crippen LogP) is 4.25. The van der Waals surface area contributed by atoms with Gasteiger partial charge in [0.1, 0.15) is 6.07 Å². The summed E-state index contributed by atoms with van der Waals surface area (Å²) in [6.07, 6.45) is 2.19. The van der Waals surface area contributed by atoms with E-state index < -0.39 is 0 Å². The molecule has 0 saturated carbocycles. The molecule has 0 bridgehead atoms. The zero-order chi connectivity index (χ0) is 26.9. The number of aromatic nitrogens is 1. The van der Waals surface area contributed by atoms with E-state index >= 15 is 0 Å². The summed E-state index contributed by atoms with van der Waals surface area (Å²) in [5.74, 6) is 1.20. The van der Waals surface area contributed by atoms with Crippen molar-refractivity contribution in [2.24, 2.45) is 0 Å². The zero-order valence-electron chi connectivity index (χ0n) is 22.4. The number of hydrogen-bond donors (Lipinski definition) is 1. The summed E-state index contributed by atoms with van der Waals surface area (Å²) in [5, 5.41) is 12.9. The fourth-order valence-electron chi connectivity index (χ4n) is 5.97. The number of carbonyl (C=O) groups is 1. The second-order valence-corrected chi connectivity index (χ2v) is 10.3. The van der Waals surface area contributed by atoms with Crippen molar-refractivity contribution in [1.82, 2.24) is 9.47 Å². The maximum Gasteiger partial charge on any atom is 0.257 e. The van der Waals surface area contributed by atoms with Crippen LogP contribution in [0, 0.1) is 25.2 Å². The molecule has 0 radical (unpaired) electrons. The molecule has 39 heavy (non-hydrogen) atoms. The molecule has 9 nitrogen and oxygen atoms in total. The summed E-state index contributed by atoms with van der Waals surface area (Å²) < 4.78 is 18.5. The Labute approximate surface area is 228 Å². The Morgan fingerprint density at radius 1 is 0.974 bits per heavy atom. The summed E-state index contributed by atoms with van der Waals surface area (Å²) >= 11 is 0. The maximum atomic E-state index is 13.3. The average molecular weight is 528 g/mol. The molecule has 1 aromatic heterocycles. The highest BCUT2D eigenvalue weighted by Gasteiger charge is 2.27. The van der Waals surface area contributed by atoms with Crippen molar-refractivity contribution < 1.29 is 19.0 Å². The van der Waals surface area contributed by atoms with Crippen molar-refractivity contribution in [3.05, 3.63) is 65.0 Å². The quantitative estimate of drug-likeness (QED) is 0.530. The van der Waals surface area contributed by atoms with Crippen LogP contribution >= 0.6 is 0 Å². The van der Waals surface area contributed by atoms with E-state index in [2.05, 4.69) is 21.2 Å². The van der Waals surface area contributed by atoms with E-state index in [1.54, 1.807) is 6.07 Å². The highest BCUT2D eigenvalue weighted by atomic mass is 16.7. The van der Waals surface area contributed by atoms with Gasteiger partial charge in [0.15, 0.2) is 11.5 Å². The van der Waals surface area contributed by atoms with Gasteiger partial charge in [-0.3, -0.25) is 9.69 Å². The van der Waals surface area contributed by atoms with Gasteiger partial charge in [0.05, 0.1) is 16.8 Å². The van der Waals surface area contributed by atoms with E-state index in [9.17, 15) is 10.1 Å². The Morgan fingerprint density at radius 3 is 2.51 bits per heavy atom. The fourth-order valence-corrected chi connectivity index (χ4v) is 5.97. The topological polar surface area (TPSA) is 92.0 Å². The molecule has 1 N–H and O–H groups in total. The first-order valence-electron chi connectivity index (χ1n) is 13.5. The van der Waals surface area contributed by atoms with E-state index in [0.717, 1.165) is 80.7 Å². The fraction of sp³-hybridized carbons (Fsp3) is 0.400. The third kappa shape index (κ3) is 4.93. The highest BCUT2D eigenvalue weighted by Crippen LogP contribution is 2.35. The summed E-state index contributed by atoms with van der Waals surface area (Å²) in [6, 6.07) is 16.2.